The number of carbonyl (C=O) groups excluding carboxylic acids is 2. The maximum absolute atomic E-state index is 11.7. The zero-order valence-corrected chi connectivity index (χ0v) is 12.4. The molecule has 6 nitrogen and oxygen atoms in total. The topological polar surface area (TPSA) is 79.5 Å². The first-order chi connectivity index (χ1) is 10.1. The molecule has 0 spiro atoms. The van der Waals surface area contributed by atoms with Crippen molar-refractivity contribution in [1.82, 2.24) is 5.32 Å². The number of aryl methyl sites for hydroxylation is 1. The maximum Gasteiger partial charge on any atom is 0.319 e. The van der Waals surface area contributed by atoms with Gasteiger partial charge in [0, 0.05) is 30.9 Å². The largest absolute Gasteiger partial charge is 0.383 e. The highest BCUT2D eigenvalue weighted by molar-refractivity contribution is 5.96. The van der Waals surface area contributed by atoms with Crippen LogP contribution in [0.5, 0.6) is 0 Å². The maximum atomic E-state index is 11.7. The van der Waals surface area contributed by atoms with E-state index in [-0.39, 0.29) is 17.9 Å². The number of benzene rings is 1. The van der Waals surface area contributed by atoms with Gasteiger partial charge in [-0.3, -0.25) is 4.79 Å². The first kappa shape index (κ1) is 15.3. The molecule has 0 heterocycles. The molecule has 0 aromatic heterocycles. The summed E-state index contributed by atoms with van der Waals surface area (Å²) in [5.74, 6) is 0.203. The Kier molecular flexibility index (Phi) is 5.16. The van der Waals surface area contributed by atoms with Crippen LogP contribution in [-0.4, -0.2) is 32.2 Å². The molecule has 114 valence electrons. The number of rotatable bonds is 6. The molecule has 0 radical (unpaired) electrons. The Hall–Kier alpha value is -2.08. The molecule has 2 rings (SSSR count). The van der Waals surface area contributed by atoms with E-state index in [4.69, 9.17) is 4.74 Å². The van der Waals surface area contributed by atoms with E-state index in [1.807, 2.05) is 19.1 Å². The van der Waals surface area contributed by atoms with Crippen molar-refractivity contribution in [3.05, 3.63) is 23.8 Å². The number of ether oxygens (including phenoxy) is 1. The normalized spacial score (nSPS) is 13.6. The highest BCUT2D eigenvalue weighted by Crippen LogP contribution is 2.30. The molecule has 0 atom stereocenters. The molecule has 3 amide bonds. The Labute approximate surface area is 124 Å². The van der Waals surface area contributed by atoms with Gasteiger partial charge in [0.2, 0.25) is 5.91 Å². The van der Waals surface area contributed by atoms with E-state index >= 15 is 0 Å². The van der Waals surface area contributed by atoms with Crippen molar-refractivity contribution >= 4 is 23.3 Å². The molecule has 1 aliphatic carbocycles. The summed E-state index contributed by atoms with van der Waals surface area (Å²) in [7, 11) is 1.58. The van der Waals surface area contributed by atoms with Crippen LogP contribution >= 0.6 is 0 Å². The first-order valence-corrected chi connectivity index (χ1v) is 7.05. The lowest BCUT2D eigenvalue weighted by Crippen LogP contribution is -2.31. The van der Waals surface area contributed by atoms with Gasteiger partial charge in [0.1, 0.15) is 0 Å². The standard InChI is InChI=1S/C15H21N3O3/c1-10-3-6-12(17-14(19)11-4-5-11)9-13(10)18-15(20)16-7-8-21-2/h3,6,9,11H,4-5,7-8H2,1-2H3,(H,17,19)(H2,16,18,20). The molecule has 1 saturated carbocycles. The van der Waals surface area contributed by atoms with Crippen LogP contribution < -0.4 is 16.0 Å². The van der Waals surface area contributed by atoms with Gasteiger partial charge in [-0.2, -0.15) is 0 Å². The number of nitrogens with one attached hydrogen (secondary N) is 3. The van der Waals surface area contributed by atoms with E-state index in [9.17, 15) is 9.59 Å². The fourth-order valence-electron chi connectivity index (χ4n) is 1.86. The lowest BCUT2D eigenvalue weighted by Gasteiger charge is -2.12. The molecule has 6 heteroatoms. The summed E-state index contributed by atoms with van der Waals surface area (Å²) in [6, 6.07) is 5.18. The van der Waals surface area contributed by atoms with Gasteiger partial charge < -0.3 is 20.7 Å². The second-order valence-corrected chi connectivity index (χ2v) is 5.17. The van der Waals surface area contributed by atoms with Gasteiger partial charge in [-0.05, 0) is 37.5 Å². The van der Waals surface area contributed by atoms with Crippen LogP contribution in [0.25, 0.3) is 0 Å². The monoisotopic (exact) mass is 291 g/mol. The van der Waals surface area contributed by atoms with E-state index in [1.165, 1.54) is 0 Å². The minimum atomic E-state index is -0.291. The van der Waals surface area contributed by atoms with E-state index in [1.54, 1.807) is 13.2 Å². The van der Waals surface area contributed by atoms with E-state index < -0.39 is 0 Å². The van der Waals surface area contributed by atoms with Gasteiger partial charge in [0.15, 0.2) is 0 Å². The minimum absolute atomic E-state index is 0.0503. The molecule has 0 saturated heterocycles. The van der Waals surface area contributed by atoms with Crippen LogP contribution in [-0.2, 0) is 9.53 Å². The van der Waals surface area contributed by atoms with Gasteiger partial charge in [0.05, 0.1) is 6.61 Å². The highest BCUT2D eigenvalue weighted by Gasteiger charge is 2.29. The van der Waals surface area contributed by atoms with Crippen LogP contribution in [0.15, 0.2) is 18.2 Å². The molecule has 3 N–H and O–H groups in total. The van der Waals surface area contributed by atoms with Crippen LogP contribution in [0.2, 0.25) is 0 Å². The van der Waals surface area contributed by atoms with Crippen molar-refractivity contribution in [2.24, 2.45) is 5.92 Å². The summed E-state index contributed by atoms with van der Waals surface area (Å²) in [4.78, 5) is 23.5. The number of amides is 3. The number of anilines is 2. The number of carbonyl (C=O) groups is 2. The zero-order chi connectivity index (χ0) is 15.2. The quantitative estimate of drug-likeness (QED) is 0.702. The van der Waals surface area contributed by atoms with Crippen LogP contribution in [0.3, 0.4) is 0 Å². The van der Waals surface area contributed by atoms with Crippen molar-refractivity contribution in [3.63, 3.8) is 0 Å². The van der Waals surface area contributed by atoms with Gasteiger partial charge in [-0.25, -0.2) is 4.79 Å². The third-order valence-corrected chi connectivity index (χ3v) is 3.29. The predicted molar refractivity (Wildman–Crippen MR) is 81.4 cm³/mol. The molecule has 1 aliphatic rings. The second-order valence-electron chi connectivity index (χ2n) is 5.17. The Morgan fingerprint density at radius 2 is 2.05 bits per heavy atom. The summed E-state index contributed by atoms with van der Waals surface area (Å²) < 4.78 is 4.87. The summed E-state index contributed by atoms with van der Waals surface area (Å²) in [5, 5.41) is 8.32. The average Bonchev–Trinajstić information content (AvgIpc) is 3.27. The fraction of sp³-hybridized carbons (Fsp3) is 0.467. The first-order valence-electron chi connectivity index (χ1n) is 7.05. The Bertz CT molecular complexity index is 527. The molecule has 0 bridgehead atoms. The van der Waals surface area contributed by atoms with Crippen molar-refractivity contribution in [1.29, 1.82) is 0 Å². The molecular formula is C15H21N3O3. The van der Waals surface area contributed by atoms with Crippen LogP contribution in [0, 0.1) is 12.8 Å². The molecule has 1 aromatic rings. The van der Waals surface area contributed by atoms with E-state index in [0.29, 0.717) is 24.5 Å². The SMILES string of the molecule is COCCNC(=O)Nc1cc(NC(=O)C2CC2)ccc1C. The molecule has 0 unspecified atom stereocenters. The third-order valence-electron chi connectivity index (χ3n) is 3.29. The second kappa shape index (κ2) is 7.08. The predicted octanol–water partition coefficient (Wildman–Crippen LogP) is 2.11. The summed E-state index contributed by atoms with van der Waals surface area (Å²) in [6.45, 7) is 2.81. The molecule has 1 aromatic carbocycles. The summed E-state index contributed by atoms with van der Waals surface area (Å²) in [6.07, 6.45) is 1.93. The fourth-order valence-corrected chi connectivity index (χ4v) is 1.86. The Morgan fingerprint density at radius 3 is 2.71 bits per heavy atom. The van der Waals surface area contributed by atoms with Gasteiger partial charge in [-0.1, -0.05) is 6.07 Å². The summed E-state index contributed by atoms with van der Waals surface area (Å²) >= 11 is 0. The number of urea groups is 1. The van der Waals surface area contributed by atoms with Crippen LogP contribution in [0.1, 0.15) is 18.4 Å². The number of hydrogen-bond acceptors (Lipinski definition) is 3. The average molecular weight is 291 g/mol. The van der Waals surface area contributed by atoms with Crippen molar-refractivity contribution < 1.29 is 14.3 Å². The minimum Gasteiger partial charge on any atom is -0.383 e. The zero-order valence-electron chi connectivity index (χ0n) is 12.4. The highest BCUT2D eigenvalue weighted by atomic mass is 16.5. The molecule has 0 aliphatic heterocycles. The van der Waals surface area contributed by atoms with Crippen molar-refractivity contribution in [3.8, 4) is 0 Å². The number of methoxy groups -OCH3 is 1. The number of hydrogen-bond donors (Lipinski definition) is 3. The Morgan fingerprint density at radius 1 is 1.29 bits per heavy atom. The van der Waals surface area contributed by atoms with Crippen molar-refractivity contribution in [2.75, 3.05) is 30.9 Å². The molecular weight excluding hydrogens is 270 g/mol. The lowest BCUT2D eigenvalue weighted by atomic mass is 10.1. The molecule has 21 heavy (non-hydrogen) atoms. The van der Waals surface area contributed by atoms with E-state index in [2.05, 4.69) is 16.0 Å². The molecule has 1 fully saturated rings. The Balaban J connectivity index is 1.94. The van der Waals surface area contributed by atoms with Gasteiger partial charge in [-0.15, -0.1) is 0 Å². The van der Waals surface area contributed by atoms with Gasteiger partial charge in [0.25, 0.3) is 0 Å². The van der Waals surface area contributed by atoms with E-state index in [0.717, 1.165) is 18.4 Å². The third kappa shape index (κ3) is 4.75. The van der Waals surface area contributed by atoms with Crippen molar-refractivity contribution in [2.45, 2.75) is 19.8 Å². The smallest absolute Gasteiger partial charge is 0.319 e. The van der Waals surface area contributed by atoms with Gasteiger partial charge >= 0.3 is 6.03 Å². The lowest BCUT2D eigenvalue weighted by molar-refractivity contribution is -0.117. The summed E-state index contributed by atoms with van der Waals surface area (Å²) in [5.41, 5.74) is 2.31. The van der Waals surface area contributed by atoms with Crippen LogP contribution in [0.4, 0.5) is 16.2 Å².